The monoisotopic (exact) mass is 1780 g/mol. The van der Waals surface area contributed by atoms with Gasteiger partial charge in [-0.25, -0.2) is 19.9 Å². The molecule has 8 aromatic carbocycles. The molecule has 0 bridgehead atoms. The standard InChI is InChI=1S/2C16H10BrN2.2C16H10ClN2.2C12H8N.2ClH.4Ni/c4*17-16-11-5-10-15(19-16)14-9-4-8-13(18-14)12-6-2-1-3-7-12;2*1-3-7-11-9(5-1)10-6-2-4-8-12(10)13-11;;;;;;/h4*1-6,8-11H;2*1-8H;2*1H;;;;/q6*-1;;;2*+1;2*+2/p-2. The van der Waals surface area contributed by atoms with E-state index in [2.05, 4.69) is 228 Å². The van der Waals surface area contributed by atoms with E-state index >= 15 is 0 Å². The van der Waals surface area contributed by atoms with Crippen molar-refractivity contribution in [1.29, 1.82) is 0 Å². The molecule has 0 aliphatic heterocycles. The van der Waals surface area contributed by atoms with Gasteiger partial charge in [0.05, 0.1) is 45.6 Å². The fraction of sp³-hybridized carbons (Fsp3) is 0. The number of nitrogens with zero attached hydrogens (tertiary/aromatic N) is 10. The molecule has 0 N–H and O–H groups in total. The summed E-state index contributed by atoms with van der Waals surface area (Å²) in [6.07, 6.45) is 0. The predicted molar refractivity (Wildman–Crippen MR) is 434 cm³/mol. The van der Waals surface area contributed by atoms with Crippen LogP contribution in [0.25, 0.3) is 134 Å². The maximum Gasteiger partial charge on any atom is 2.00 e. The van der Waals surface area contributed by atoms with Crippen LogP contribution in [0.4, 0.5) is 0 Å². The van der Waals surface area contributed by atoms with Crippen LogP contribution in [0.3, 0.4) is 0 Å². The summed E-state index contributed by atoms with van der Waals surface area (Å²) in [5, 5.41) is 5.93. The zero-order valence-electron chi connectivity index (χ0n) is 56.3. The summed E-state index contributed by atoms with van der Waals surface area (Å²) in [6.45, 7) is 0. The summed E-state index contributed by atoms with van der Waals surface area (Å²) in [7, 11) is 8.53. The Morgan fingerprint density at radius 2 is 0.426 bits per heavy atom. The van der Waals surface area contributed by atoms with E-state index in [-0.39, 0.29) is 33.0 Å². The number of hydrogen-bond donors (Lipinski definition) is 0. The Morgan fingerprint density at radius 1 is 0.222 bits per heavy atom. The first kappa shape index (κ1) is 82.7. The van der Waals surface area contributed by atoms with Gasteiger partial charge in [-0.3, -0.25) is 19.9 Å². The summed E-state index contributed by atoms with van der Waals surface area (Å²) < 4.78 is 1.62. The molecule has 0 saturated heterocycles. The average Bonchev–Trinajstić information content (AvgIpc) is 1.64. The van der Waals surface area contributed by atoms with Gasteiger partial charge in [0, 0.05) is 0 Å². The second-order valence-corrected chi connectivity index (χ2v) is 24.8. The molecule has 20 heteroatoms. The third kappa shape index (κ3) is 23.3. The molecular weight excluding hydrogens is 1730 g/mol. The van der Waals surface area contributed by atoms with Crippen molar-refractivity contribution in [1.82, 2.24) is 49.8 Å². The van der Waals surface area contributed by atoms with Gasteiger partial charge in [-0.1, -0.05) is 193 Å². The van der Waals surface area contributed by atoms with Crippen molar-refractivity contribution in [3.05, 3.63) is 383 Å². The molecule has 0 fully saturated rings. The third-order valence-electron chi connectivity index (χ3n) is 15.5. The number of benzene rings is 8. The molecule has 108 heavy (non-hydrogen) atoms. The molecule has 542 valence electrons. The Kier molecular flexibility index (Phi) is 33.4. The van der Waals surface area contributed by atoms with E-state index in [1.165, 1.54) is 21.5 Å². The fourth-order valence-electron chi connectivity index (χ4n) is 10.8. The minimum atomic E-state index is 0. The minimum Gasteiger partial charge on any atom is -0.657 e. The van der Waals surface area contributed by atoms with Gasteiger partial charge in [0.25, 0.3) is 0 Å². The van der Waals surface area contributed by atoms with Gasteiger partial charge in [0.1, 0.15) is 19.5 Å². The molecule has 0 amide bonds. The molecule has 0 atom stereocenters. The van der Waals surface area contributed by atoms with Gasteiger partial charge in [-0.05, 0) is 149 Å². The van der Waals surface area contributed by atoms with E-state index in [4.69, 9.17) is 23.2 Å². The van der Waals surface area contributed by atoms with E-state index in [0.717, 1.165) is 122 Å². The second kappa shape index (κ2) is 43.6. The predicted octanol–water partition coefficient (Wildman–Crippen LogP) is 24.5. The van der Waals surface area contributed by atoms with Crippen LogP contribution in [0, 0.1) is 24.3 Å². The summed E-state index contributed by atoms with van der Waals surface area (Å²) in [6, 6.07) is 123. The smallest absolute Gasteiger partial charge is 0.657 e. The molecule has 0 radical (unpaired) electrons. The Morgan fingerprint density at radius 3 is 0.657 bits per heavy atom. The number of para-hydroxylation sites is 4. The molecule has 0 saturated carbocycles. The molecule has 0 unspecified atom stereocenters. The van der Waals surface area contributed by atoms with Crippen molar-refractivity contribution < 1.29 is 62.1 Å². The van der Waals surface area contributed by atoms with Gasteiger partial charge < -0.3 is 9.97 Å². The maximum absolute atomic E-state index is 5.91. The van der Waals surface area contributed by atoms with Crippen molar-refractivity contribution >= 4 is 119 Å². The Balaban J connectivity index is 0.000000148. The molecule has 0 aliphatic rings. The fourth-order valence-corrected chi connectivity index (χ4v) is 11.8. The number of fused-ring (bicyclic) bond motifs is 6. The van der Waals surface area contributed by atoms with Crippen molar-refractivity contribution in [2.45, 2.75) is 0 Å². The van der Waals surface area contributed by atoms with Crippen LogP contribution in [-0.2, 0) is 62.1 Å². The van der Waals surface area contributed by atoms with Crippen LogP contribution in [0.15, 0.2) is 349 Å². The van der Waals surface area contributed by atoms with E-state index in [1.54, 1.807) is 12.1 Å². The number of hydrogen-bond acceptors (Lipinski definition) is 8. The Bertz CT molecular complexity index is 5080. The van der Waals surface area contributed by atoms with Crippen LogP contribution in [0.1, 0.15) is 0 Å². The number of halogens is 6. The van der Waals surface area contributed by atoms with Gasteiger partial charge in [0.2, 0.25) is 0 Å². The van der Waals surface area contributed by atoms with E-state index < -0.39 is 0 Å². The van der Waals surface area contributed by atoms with Crippen molar-refractivity contribution in [2.24, 2.45) is 0 Å². The van der Waals surface area contributed by atoms with E-state index in [9.17, 15) is 0 Å². The first-order valence-electron chi connectivity index (χ1n) is 32.5. The number of rotatable bonds is 8. The van der Waals surface area contributed by atoms with Crippen molar-refractivity contribution in [3.8, 4) is 90.6 Å². The molecule has 10 aromatic heterocycles. The topological polar surface area (TPSA) is 131 Å². The van der Waals surface area contributed by atoms with Gasteiger partial charge in [0.15, 0.2) is 0 Å². The molecule has 10 nitrogen and oxygen atoms in total. The van der Waals surface area contributed by atoms with Gasteiger partial charge in [-0.15, -0.1) is 166 Å². The summed E-state index contributed by atoms with van der Waals surface area (Å²) in [4.78, 5) is 44.9. The largest absolute Gasteiger partial charge is 2.00 e. The summed E-state index contributed by atoms with van der Waals surface area (Å²) >= 11 is 25.3. The SMILES string of the molecule is Brc1cccc(-c2cccc(-c3[c-]cccc3)n2)n1.Brc1cccc(-c2cccc(-c3[c-]cccc3)n2)n1.Clc1cccc(-c2cccc(-c3[c-]cccc3)n2)n1.Clc1cccc(-c2cccc(-c3[c-]cccc3)n2)n1.[Cl][Ni].[Cl][Ni].[Ni+2].[Ni+2].c1ccc2c(c1)[n-]c1ccccc12.c1ccc2c(c1)[n-]c1ccccc12. The van der Waals surface area contributed by atoms with Crippen LogP contribution >= 0.6 is 75.4 Å². The second-order valence-electron chi connectivity index (χ2n) is 22.4. The Hall–Kier alpha value is -9.35. The quantitative estimate of drug-likeness (QED) is 0.0823. The zero-order valence-corrected chi connectivity index (χ0v) is 66.5. The summed E-state index contributed by atoms with van der Waals surface area (Å²) in [5.74, 6) is 0. The summed E-state index contributed by atoms with van der Waals surface area (Å²) in [5.41, 5.74) is 18.4. The third-order valence-corrected chi connectivity index (χ3v) is 16.8. The first-order chi connectivity index (χ1) is 52.2. The maximum atomic E-state index is 5.91. The van der Waals surface area contributed by atoms with Crippen molar-refractivity contribution in [3.63, 3.8) is 0 Å². The molecule has 18 rings (SSSR count). The van der Waals surface area contributed by atoms with Crippen LogP contribution in [0.2, 0.25) is 10.3 Å². The van der Waals surface area contributed by atoms with Crippen LogP contribution in [-0.4, -0.2) is 39.9 Å². The number of pyridine rings is 8. The van der Waals surface area contributed by atoms with Gasteiger partial charge >= 0.3 is 82.5 Å². The average molecular weight is 1790 g/mol. The molecule has 18 aromatic rings. The first-order valence-corrected chi connectivity index (χ1v) is 37.6. The van der Waals surface area contributed by atoms with E-state index in [1.807, 2.05) is 255 Å². The minimum absolute atomic E-state index is 0. The molecular formula is C88H56Br2Cl4N10Ni4-2. The van der Waals surface area contributed by atoms with Crippen molar-refractivity contribution in [2.75, 3.05) is 0 Å². The molecule has 0 aliphatic carbocycles. The van der Waals surface area contributed by atoms with Gasteiger partial charge in [-0.2, -0.15) is 0 Å². The van der Waals surface area contributed by atoms with E-state index in [0.29, 0.717) is 10.3 Å². The zero-order chi connectivity index (χ0) is 73.7. The van der Waals surface area contributed by atoms with Crippen LogP contribution in [0.5, 0.6) is 0 Å². The van der Waals surface area contributed by atoms with Crippen LogP contribution < -0.4 is 9.97 Å². The molecule has 0 spiro atoms. The number of aromatic nitrogens is 10. The molecule has 10 heterocycles. The normalized spacial score (nSPS) is 10.1. The Labute approximate surface area is 698 Å².